The molecule has 1 N–H and O–H groups in total. The van der Waals surface area contributed by atoms with Gasteiger partial charge in [-0.1, -0.05) is 71.6 Å². The molecule has 1 aromatic heterocycles. The van der Waals surface area contributed by atoms with Crippen LogP contribution in [-0.2, 0) is 10.5 Å². The van der Waals surface area contributed by atoms with Crippen molar-refractivity contribution < 1.29 is 4.79 Å². The first-order valence-electron chi connectivity index (χ1n) is 7.73. The number of rotatable bonds is 6. The minimum absolute atomic E-state index is 0.253. The van der Waals surface area contributed by atoms with Crippen LogP contribution in [0.15, 0.2) is 65.0 Å². The molecule has 0 fully saturated rings. The van der Waals surface area contributed by atoms with Crippen molar-refractivity contribution in [3.8, 4) is 6.07 Å². The lowest BCUT2D eigenvalue weighted by molar-refractivity contribution is -0.111. The van der Waals surface area contributed by atoms with Gasteiger partial charge in [-0.2, -0.15) is 5.26 Å². The van der Waals surface area contributed by atoms with Crippen LogP contribution in [0.5, 0.6) is 0 Å². The molecule has 0 unspecified atom stereocenters. The zero-order valence-electron chi connectivity index (χ0n) is 13.6. The molecule has 0 aliphatic heterocycles. The number of aromatic nitrogens is 2. The zero-order chi connectivity index (χ0) is 18.2. The summed E-state index contributed by atoms with van der Waals surface area (Å²) >= 11 is 2.79. The van der Waals surface area contributed by atoms with Crippen LogP contribution in [0.1, 0.15) is 16.7 Å². The number of carbonyl (C=O) groups is 1. The van der Waals surface area contributed by atoms with Crippen LogP contribution in [0.3, 0.4) is 0 Å². The first-order valence-corrected chi connectivity index (χ1v) is 9.53. The lowest BCUT2D eigenvalue weighted by Crippen LogP contribution is -2.07. The number of hydrogen-bond donors (Lipinski definition) is 1. The molecule has 0 saturated heterocycles. The smallest absolute Gasteiger partial charge is 0.250 e. The van der Waals surface area contributed by atoms with Crippen molar-refractivity contribution >= 4 is 40.2 Å². The minimum atomic E-state index is -0.253. The molecule has 2 aromatic carbocycles. The van der Waals surface area contributed by atoms with Crippen molar-refractivity contribution in [3.63, 3.8) is 0 Å². The number of thioether (sulfide) groups is 1. The summed E-state index contributed by atoms with van der Waals surface area (Å²) in [6, 6.07) is 19.2. The fourth-order valence-corrected chi connectivity index (χ4v) is 3.86. The van der Waals surface area contributed by atoms with Crippen LogP contribution in [0.2, 0.25) is 0 Å². The van der Waals surface area contributed by atoms with Gasteiger partial charge in [0.1, 0.15) is 0 Å². The highest BCUT2D eigenvalue weighted by Gasteiger charge is 2.08. The Bertz CT molecular complexity index is 961. The Hall–Kier alpha value is -2.95. The van der Waals surface area contributed by atoms with Gasteiger partial charge in [-0.05, 0) is 23.3 Å². The molecule has 0 atom stereocenters. The Kier molecular flexibility index (Phi) is 6.14. The zero-order valence-corrected chi connectivity index (χ0v) is 15.3. The second-order valence-electron chi connectivity index (χ2n) is 5.16. The van der Waals surface area contributed by atoms with Crippen LogP contribution >= 0.6 is 23.1 Å². The van der Waals surface area contributed by atoms with E-state index >= 15 is 0 Å². The van der Waals surface area contributed by atoms with Crippen molar-refractivity contribution in [3.05, 3.63) is 77.4 Å². The maximum absolute atomic E-state index is 12.0. The quantitative estimate of drug-likeness (QED) is 0.392. The van der Waals surface area contributed by atoms with Gasteiger partial charge in [0.15, 0.2) is 4.34 Å². The largest absolute Gasteiger partial charge is 0.297 e. The van der Waals surface area contributed by atoms with Gasteiger partial charge in [-0.15, -0.1) is 10.2 Å². The van der Waals surface area contributed by atoms with Crippen LogP contribution in [0.25, 0.3) is 6.08 Å². The molecule has 7 heteroatoms. The Labute approximate surface area is 159 Å². The average molecular weight is 378 g/mol. The topological polar surface area (TPSA) is 78.7 Å². The molecule has 0 aliphatic rings. The molecule has 0 spiro atoms. The molecular weight excluding hydrogens is 364 g/mol. The first kappa shape index (κ1) is 17.9. The number of carbonyl (C=O) groups excluding carboxylic acids is 1. The summed E-state index contributed by atoms with van der Waals surface area (Å²) in [4.78, 5) is 12.0. The highest BCUT2D eigenvalue weighted by Crippen LogP contribution is 2.29. The summed E-state index contributed by atoms with van der Waals surface area (Å²) in [6.07, 6.45) is 3.21. The fraction of sp³-hybridized carbons (Fsp3) is 0.0526. The molecular formula is C19H14N4OS2. The van der Waals surface area contributed by atoms with Gasteiger partial charge >= 0.3 is 0 Å². The number of hydrogen-bond acceptors (Lipinski definition) is 6. The van der Waals surface area contributed by atoms with Gasteiger partial charge in [0.25, 0.3) is 0 Å². The lowest BCUT2D eigenvalue weighted by atomic mass is 10.1. The maximum Gasteiger partial charge on any atom is 0.250 e. The predicted molar refractivity (Wildman–Crippen MR) is 105 cm³/mol. The highest BCUT2D eigenvalue weighted by atomic mass is 32.2. The molecule has 0 bridgehead atoms. The monoisotopic (exact) mass is 378 g/mol. The maximum atomic E-state index is 12.0. The standard InChI is InChI=1S/C19H14N4OS2/c20-12-15-8-4-5-9-16(15)13-25-19-23-22-18(26-19)21-17(24)11-10-14-6-2-1-3-7-14/h1-11H,13H2,(H,21,22,24). The second-order valence-corrected chi connectivity index (χ2v) is 7.36. The predicted octanol–water partition coefficient (Wildman–Crippen LogP) is 4.35. The highest BCUT2D eigenvalue weighted by molar-refractivity contribution is 8.00. The summed E-state index contributed by atoms with van der Waals surface area (Å²) in [5.41, 5.74) is 2.56. The fourth-order valence-electron chi connectivity index (χ4n) is 2.10. The van der Waals surface area contributed by atoms with Gasteiger partial charge < -0.3 is 0 Å². The molecule has 1 amide bonds. The summed E-state index contributed by atoms with van der Waals surface area (Å²) in [6.45, 7) is 0. The Balaban J connectivity index is 1.55. The van der Waals surface area contributed by atoms with Gasteiger partial charge in [-0.3, -0.25) is 10.1 Å². The Morgan fingerprint density at radius 2 is 1.92 bits per heavy atom. The molecule has 3 rings (SSSR count). The Morgan fingerprint density at radius 1 is 1.15 bits per heavy atom. The molecule has 128 valence electrons. The van der Waals surface area contributed by atoms with Gasteiger partial charge in [0.05, 0.1) is 11.6 Å². The Morgan fingerprint density at radius 3 is 2.73 bits per heavy atom. The molecule has 0 saturated carbocycles. The normalized spacial score (nSPS) is 10.6. The summed E-state index contributed by atoms with van der Waals surface area (Å²) in [5, 5.41) is 20.3. The molecule has 5 nitrogen and oxygen atoms in total. The molecule has 0 radical (unpaired) electrons. The van der Waals surface area contributed by atoms with Crippen LogP contribution in [0.4, 0.5) is 5.13 Å². The van der Waals surface area contributed by atoms with Gasteiger partial charge in [-0.25, -0.2) is 0 Å². The minimum Gasteiger partial charge on any atom is -0.297 e. The van der Waals surface area contributed by atoms with Crippen LogP contribution < -0.4 is 5.32 Å². The van der Waals surface area contributed by atoms with Crippen LogP contribution in [-0.4, -0.2) is 16.1 Å². The van der Waals surface area contributed by atoms with E-state index in [0.717, 1.165) is 15.5 Å². The number of nitrogens with zero attached hydrogens (tertiary/aromatic N) is 3. The average Bonchev–Trinajstić information content (AvgIpc) is 3.13. The van der Waals surface area contributed by atoms with Crippen molar-refractivity contribution in [1.82, 2.24) is 10.2 Å². The number of nitrogens with one attached hydrogen (secondary N) is 1. The van der Waals surface area contributed by atoms with E-state index in [9.17, 15) is 4.79 Å². The number of benzene rings is 2. The molecule has 26 heavy (non-hydrogen) atoms. The molecule has 0 aliphatic carbocycles. The van der Waals surface area contributed by atoms with Crippen molar-refractivity contribution in [2.24, 2.45) is 0 Å². The summed E-state index contributed by atoms with van der Waals surface area (Å²) in [7, 11) is 0. The number of nitriles is 1. The van der Waals surface area contributed by atoms with Crippen molar-refractivity contribution in [1.29, 1.82) is 5.26 Å². The van der Waals surface area contributed by atoms with Crippen LogP contribution in [0, 0.1) is 11.3 Å². The summed E-state index contributed by atoms with van der Waals surface area (Å²) < 4.78 is 0.736. The van der Waals surface area contributed by atoms with Crippen molar-refractivity contribution in [2.75, 3.05) is 5.32 Å². The van der Waals surface area contributed by atoms with E-state index in [1.807, 2.05) is 48.5 Å². The number of anilines is 1. The third kappa shape index (κ3) is 5.02. The second kappa shape index (κ2) is 8.94. The third-order valence-corrected chi connectivity index (χ3v) is 5.37. The SMILES string of the molecule is N#Cc1ccccc1CSc1nnc(NC(=O)C=Cc2ccccc2)s1. The van der Waals surface area contributed by atoms with Gasteiger partial charge in [0.2, 0.25) is 11.0 Å². The van der Waals surface area contributed by atoms with Crippen molar-refractivity contribution in [2.45, 2.75) is 10.1 Å². The van der Waals surface area contributed by atoms with E-state index in [0.29, 0.717) is 16.4 Å². The molecule has 3 aromatic rings. The van der Waals surface area contributed by atoms with E-state index in [-0.39, 0.29) is 5.91 Å². The first-order chi connectivity index (χ1) is 12.7. The number of amides is 1. The summed E-state index contributed by atoms with van der Waals surface area (Å²) in [5.74, 6) is 0.372. The van der Waals surface area contributed by atoms with Gasteiger partial charge in [0, 0.05) is 11.8 Å². The molecule has 1 heterocycles. The van der Waals surface area contributed by atoms with E-state index in [2.05, 4.69) is 21.6 Å². The van der Waals surface area contributed by atoms with E-state index < -0.39 is 0 Å². The van der Waals surface area contributed by atoms with E-state index in [4.69, 9.17) is 5.26 Å². The van der Waals surface area contributed by atoms with E-state index in [1.165, 1.54) is 29.2 Å². The van der Waals surface area contributed by atoms with E-state index in [1.54, 1.807) is 12.1 Å². The lowest BCUT2D eigenvalue weighted by Gasteiger charge is -2.00. The third-order valence-electron chi connectivity index (χ3n) is 3.35.